The van der Waals surface area contributed by atoms with Crippen molar-refractivity contribution in [2.75, 3.05) is 19.6 Å². The van der Waals surface area contributed by atoms with Gasteiger partial charge in [0, 0.05) is 38.4 Å². The van der Waals surface area contributed by atoms with E-state index in [1.165, 1.54) is 4.31 Å². The van der Waals surface area contributed by atoms with Crippen molar-refractivity contribution in [1.82, 2.24) is 19.5 Å². The highest BCUT2D eigenvalue weighted by atomic mass is 32.2. The first kappa shape index (κ1) is 21.9. The fourth-order valence-corrected chi connectivity index (χ4v) is 6.11. The lowest BCUT2D eigenvalue weighted by molar-refractivity contribution is -0.126. The molecule has 4 rings (SSSR count). The van der Waals surface area contributed by atoms with Crippen molar-refractivity contribution in [2.24, 2.45) is 0 Å². The SMILES string of the molecule is O=C(NC1CCN(Cc2ccccn2)CC1)C1CCCCN1S(=O)(=O)c1ccccc1. The Morgan fingerprint density at radius 3 is 2.42 bits per heavy atom. The van der Waals surface area contributed by atoms with E-state index in [9.17, 15) is 13.2 Å². The average Bonchev–Trinajstić information content (AvgIpc) is 2.81. The van der Waals surface area contributed by atoms with Crippen LogP contribution in [0.4, 0.5) is 0 Å². The molecule has 1 N–H and O–H groups in total. The van der Waals surface area contributed by atoms with Crippen LogP contribution in [-0.2, 0) is 21.4 Å². The lowest BCUT2D eigenvalue weighted by Crippen LogP contribution is -2.55. The summed E-state index contributed by atoms with van der Waals surface area (Å²) in [6.07, 6.45) is 5.73. The van der Waals surface area contributed by atoms with Crippen LogP contribution < -0.4 is 5.32 Å². The maximum absolute atomic E-state index is 13.1. The van der Waals surface area contributed by atoms with Gasteiger partial charge in [-0.05, 0) is 49.9 Å². The Morgan fingerprint density at radius 2 is 1.71 bits per heavy atom. The molecule has 0 bridgehead atoms. The minimum atomic E-state index is -3.68. The van der Waals surface area contributed by atoms with Crippen molar-refractivity contribution in [3.63, 3.8) is 0 Å². The number of aromatic nitrogens is 1. The minimum absolute atomic E-state index is 0.0793. The van der Waals surface area contributed by atoms with Gasteiger partial charge in [0.1, 0.15) is 6.04 Å². The molecule has 2 fully saturated rings. The lowest BCUT2D eigenvalue weighted by Gasteiger charge is -2.36. The molecule has 0 radical (unpaired) electrons. The molecule has 7 nitrogen and oxygen atoms in total. The molecule has 0 aliphatic carbocycles. The molecule has 2 aliphatic rings. The number of sulfonamides is 1. The van der Waals surface area contributed by atoms with E-state index in [1.807, 2.05) is 24.4 Å². The summed E-state index contributed by atoms with van der Waals surface area (Å²) in [5.74, 6) is -0.164. The van der Waals surface area contributed by atoms with Crippen LogP contribution in [0.5, 0.6) is 0 Å². The van der Waals surface area contributed by atoms with Gasteiger partial charge in [-0.1, -0.05) is 30.7 Å². The van der Waals surface area contributed by atoms with Gasteiger partial charge in [0.25, 0.3) is 0 Å². The van der Waals surface area contributed by atoms with Gasteiger partial charge in [0.05, 0.1) is 10.6 Å². The third-order valence-electron chi connectivity index (χ3n) is 6.15. The van der Waals surface area contributed by atoms with Crippen LogP contribution in [0.15, 0.2) is 59.6 Å². The molecule has 2 aliphatic heterocycles. The summed E-state index contributed by atoms with van der Waals surface area (Å²) in [7, 11) is -3.68. The Bertz CT molecular complexity index is 961. The van der Waals surface area contributed by atoms with Crippen molar-refractivity contribution < 1.29 is 13.2 Å². The first-order valence-electron chi connectivity index (χ1n) is 11.0. The van der Waals surface area contributed by atoms with Gasteiger partial charge in [-0.25, -0.2) is 8.42 Å². The van der Waals surface area contributed by atoms with Crippen molar-refractivity contribution in [1.29, 1.82) is 0 Å². The molecule has 0 saturated carbocycles. The normalized spacial score (nSPS) is 21.6. The minimum Gasteiger partial charge on any atom is -0.352 e. The molecular formula is C23H30N4O3S. The van der Waals surface area contributed by atoms with Gasteiger partial charge in [-0.2, -0.15) is 4.31 Å². The summed E-state index contributed by atoms with van der Waals surface area (Å²) < 4.78 is 27.7. The van der Waals surface area contributed by atoms with Crippen molar-refractivity contribution in [2.45, 2.75) is 55.6 Å². The number of hydrogen-bond acceptors (Lipinski definition) is 5. The number of likely N-dealkylation sites (tertiary alicyclic amines) is 1. The summed E-state index contributed by atoms with van der Waals surface area (Å²) in [6.45, 7) is 2.97. The van der Waals surface area contributed by atoms with E-state index >= 15 is 0 Å². The van der Waals surface area contributed by atoms with E-state index in [0.29, 0.717) is 13.0 Å². The zero-order chi connectivity index (χ0) is 21.7. The third kappa shape index (κ3) is 5.31. The number of nitrogens with one attached hydrogen (secondary N) is 1. The highest BCUT2D eigenvalue weighted by Gasteiger charge is 2.38. The maximum atomic E-state index is 13.1. The number of carbonyl (C=O) groups excluding carboxylic acids is 1. The van der Waals surface area contributed by atoms with Gasteiger partial charge in [-0.15, -0.1) is 0 Å². The van der Waals surface area contributed by atoms with Crippen molar-refractivity contribution in [3.05, 3.63) is 60.4 Å². The number of pyridine rings is 1. The number of piperidine rings is 2. The van der Waals surface area contributed by atoms with E-state index in [0.717, 1.165) is 51.0 Å². The largest absolute Gasteiger partial charge is 0.352 e. The molecule has 1 amide bonds. The van der Waals surface area contributed by atoms with Gasteiger partial charge in [0.2, 0.25) is 15.9 Å². The number of benzene rings is 1. The number of amides is 1. The van der Waals surface area contributed by atoms with Crippen LogP contribution in [0.25, 0.3) is 0 Å². The smallest absolute Gasteiger partial charge is 0.243 e. The molecule has 0 spiro atoms. The number of rotatable bonds is 6. The Kier molecular flexibility index (Phi) is 6.99. The molecule has 3 heterocycles. The van der Waals surface area contributed by atoms with E-state index in [2.05, 4.69) is 15.2 Å². The van der Waals surface area contributed by atoms with E-state index in [4.69, 9.17) is 0 Å². The Morgan fingerprint density at radius 1 is 0.968 bits per heavy atom. The lowest BCUT2D eigenvalue weighted by atomic mass is 10.0. The number of hydrogen-bond donors (Lipinski definition) is 1. The van der Waals surface area contributed by atoms with Crippen LogP contribution in [0, 0.1) is 0 Å². The molecule has 1 unspecified atom stereocenters. The fourth-order valence-electron chi connectivity index (χ4n) is 4.44. The zero-order valence-corrected chi connectivity index (χ0v) is 18.5. The first-order chi connectivity index (χ1) is 15.0. The Balaban J connectivity index is 1.35. The predicted molar refractivity (Wildman–Crippen MR) is 119 cm³/mol. The second kappa shape index (κ2) is 9.89. The topological polar surface area (TPSA) is 82.6 Å². The zero-order valence-electron chi connectivity index (χ0n) is 17.7. The summed E-state index contributed by atoms with van der Waals surface area (Å²) >= 11 is 0. The van der Waals surface area contributed by atoms with Gasteiger partial charge in [-0.3, -0.25) is 14.7 Å². The summed E-state index contributed by atoms with van der Waals surface area (Å²) in [5, 5.41) is 3.14. The quantitative estimate of drug-likeness (QED) is 0.743. The summed E-state index contributed by atoms with van der Waals surface area (Å²) in [4.78, 5) is 20.1. The average molecular weight is 443 g/mol. The van der Waals surface area contributed by atoms with Crippen LogP contribution in [-0.4, -0.2) is 60.2 Å². The van der Waals surface area contributed by atoms with Crippen LogP contribution in [0.1, 0.15) is 37.8 Å². The summed E-state index contributed by atoms with van der Waals surface area (Å²) in [6, 6.07) is 13.8. The van der Waals surface area contributed by atoms with Crippen LogP contribution in [0.3, 0.4) is 0 Å². The van der Waals surface area contributed by atoms with Crippen LogP contribution >= 0.6 is 0 Å². The molecule has 1 aromatic carbocycles. The first-order valence-corrected chi connectivity index (χ1v) is 12.5. The molecular weight excluding hydrogens is 412 g/mol. The number of carbonyl (C=O) groups is 1. The second-order valence-electron chi connectivity index (χ2n) is 8.32. The molecule has 2 saturated heterocycles. The fraction of sp³-hybridized carbons (Fsp3) is 0.478. The highest BCUT2D eigenvalue weighted by Crippen LogP contribution is 2.26. The molecule has 8 heteroatoms. The monoisotopic (exact) mass is 442 g/mol. The molecule has 31 heavy (non-hydrogen) atoms. The maximum Gasteiger partial charge on any atom is 0.243 e. The van der Waals surface area contributed by atoms with Crippen LogP contribution in [0.2, 0.25) is 0 Å². The second-order valence-corrected chi connectivity index (χ2v) is 10.2. The molecule has 1 atom stereocenters. The Labute approximate surface area is 184 Å². The predicted octanol–water partition coefficient (Wildman–Crippen LogP) is 2.41. The van der Waals surface area contributed by atoms with E-state index in [-0.39, 0.29) is 16.8 Å². The molecule has 2 aromatic rings. The van der Waals surface area contributed by atoms with Crippen molar-refractivity contribution >= 4 is 15.9 Å². The standard InChI is InChI=1S/C23H30N4O3S/c28-23(25-19-12-16-26(17-13-19)18-20-8-4-6-14-24-20)22-11-5-7-15-27(22)31(29,30)21-9-2-1-3-10-21/h1-4,6,8-10,14,19,22H,5,7,11-13,15-18H2,(H,25,28). The van der Waals surface area contributed by atoms with Gasteiger partial charge < -0.3 is 5.32 Å². The molecule has 166 valence electrons. The van der Waals surface area contributed by atoms with E-state index < -0.39 is 16.1 Å². The van der Waals surface area contributed by atoms with Gasteiger partial charge in [0.15, 0.2) is 0 Å². The van der Waals surface area contributed by atoms with Crippen molar-refractivity contribution in [3.8, 4) is 0 Å². The third-order valence-corrected chi connectivity index (χ3v) is 8.07. The van der Waals surface area contributed by atoms with E-state index in [1.54, 1.807) is 30.3 Å². The van der Waals surface area contributed by atoms with Gasteiger partial charge >= 0.3 is 0 Å². The summed E-state index contributed by atoms with van der Waals surface area (Å²) in [5.41, 5.74) is 1.05. The number of nitrogens with zero attached hydrogens (tertiary/aromatic N) is 3. The Hall–Kier alpha value is -2.29. The molecule has 1 aromatic heterocycles. The highest BCUT2D eigenvalue weighted by molar-refractivity contribution is 7.89.